The number of nitrogens with zero attached hydrogens (tertiary/aromatic N) is 1. The van der Waals surface area contributed by atoms with Crippen LogP contribution in [-0.4, -0.2) is 30.1 Å². The average Bonchev–Trinajstić information content (AvgIpc) is 2.91. The van der Waals surface area contributed by atoms with Gasteiger partial charge in [-0.05, 0) is 49.9 Å². The van der Waals surface area contributed by atoms with Crippen LogP contribution >= 0.6 is 15.9 Å². The molecule has 3 rings (SSSR count). The van der Waals surface area contributed by atoms with Crippen LogP contribution in [0.15, 0.2) is 22.7 Å². The van der Waals surface area contributed by atoms with Crippen molar-refractivity contribution in [2.45, 2.75) is 44.8 Å². The smallest absolute Gasteiger partial charge is 0.0250 e. The van der Waals surface area contributed by atoms with E-state index >= 15 is 0 Å². The maximum atomic E-state index is 3.76. The van der Waals surface area contributed by atoms with Crippen molar-refractivity contribution in [2.75, 3.05) is 13.1 Å². The Kier molecular flexibility index (Phi) is 3.73. The summed E-state index contributed by atoms with van der Waals surface area (Å²) in [5.74, 6) is 0. The van der Waals surface area contributed by atoms with Gasteiger partial charge in [0, 0.05) is 29.6 Å². The molecule has 1 N–H and O–H groups in total. The summed E-state index contributed by atoms with van der Waals surface area (Å²) >= 11 is 3.66. The van der Waals surface area contributed by atoms with Crippen molar-refractivity contribution >= 4 is 15.9 Å². The molecule has 2 aliphatic rings. The lowest BCUT2D eigenvalue weighted by Gasteiger charge is -2.21. The normalized spacial score (nSPS) is 27.7. The van der Waals surface area contributed by atoms with Crippen molar-refractivity contribution in [3.05, 3.63) is 33.8 Å². The van der Waals surface area contributed by atoms with E-state index < -0.39 is 0 Å². The number of fused-ring (bicyclic) bond motifs is 1. The second-order valence-corrected chi connectivity index (χ2v) is 6.47. The topological polar surface area (TPSA) is 15.3 Å². The summed E-state index contributed by atoms with van der Waals surface area (Å²) in [5, 5.41) is 3.76. The van der Waals surface area contributed by atoms with E-state index in [9.17, 15) is 0 Å². The molecule has 2 nitrogen and oxygen atoms in total. The fraction of sp³-hybridized carbons (Fsp3) is 0.600. The molecule has 98 valence electrons. The van der Waals surface area contributed by atoms with Crippen LogP contribution in [0.3, 0.4) is 0 Å². The van der Waals surface area contributed by atoms with Crippen LogP contribution in [0.2, 0.25) is 0 Å². The van der Waals surface area contributed by atoms with Crippen LogP contribution in [-0.2, 0) is 6.54 Å². The molecule has 0 saturated carbocycles. The van der Waals surface area contributed by atoms with E-state index in [2.05, 4.69) is 51.3 Å². The minimum absolute atomic E-state index is 0.695. The summed E-state index contributed by atoms with van der Waals surface area (Å²) in [6, 6.07) is 8.12. The van der Waals surface area contributed by atoms with Gasteiger partial charge in [0.15, 0.2) is 0 Å². The van der Waals surface area contributed by atoms with E-state index in [0.29, 0.717) is 6.04 Å². The Labute approximate surface area is 118 Å². The number of halogens is 1. The van der Waals surface area contributed by atoms with Crippen LogP contribution in [0.4, 0.5) is 0 Å². The summed E-state index contributed by atoms with van der Waals surface area (Å²) in [7, 11) is 0. The molecular weight excluding hydrogens is 288 g/mol. The molecule has 2 atom stereocenters. The Morgan fingerprint density at radius 1 is 1.33 bits per heavy atom. The molecule has 2 aliphatic heterocycles. The van der Waals surface area contributed by atoms with Gasteiger partial charge in [-0.1, -0.05) is 28.1 Å². The van der Waals surface area contributed by atoms with Gasteiger partial charge in [0.05, 0.1) is 0 Å². The first-order chi connectivity index (χ1) is 8.74. The molecule has 2 saturated heterocycles. The maximum absolute atomic E-state index is 3.76. The third kappa shape index (κ3) is 2.49. The second-order valence-electron chi connectivity index (χ2n) is 5.62. The fourth-order valence-corrected chi connectivity index (χ4v) is 3.99. The zero-order valence-electron chi connectivity index (χ0n) is 11.0. The van der Waals surface area contributed by atoms with Crippen LogP contribution in [0.5, 0.6) is 0 Å². The number of nitrogens with one attached hydrogen (secondary N) is 1. The molecule has 1 aromatic carbocycles. The first-order valence-electron chi connectivity index (χ1n) is 6.96. The Morgan fingerprint density at radius 2 is 2.22 bits per heavy atom. The minimum Gasteiger partial charge on any atom is -0.308 e. The molecular formula is C15H21BrN2. The summed E-state index contributed by atoms with van der Waals surface area (Å²) in [5.41, 5.74) is 2.69. The zero-order valence-corrected chi connectivity index (χ0v) is 12.5. The van der Waals surface area contributed by atoms with Gasteiger partial charge in [-0.15, -0.1) is 0 Å². The molecule has 0 aromatic heterocycles. The van der Waals surface area contributed by atoms with E-state index in [1.165, 1.54) is 48.0 Å². The molecule has 2 heterocycles. The predicted octanol–water partition coefficient (Wildman–Crippen LogP) is 3.08. The lowest BCUT2D eigenvalue weighted by Crippen LogP contribution is -2.38. The Hall–Kier alpha value is -0.380. The van der Waals surface area contributed by atoms with Gasteiger partial charge < -0.3 is 5.32 Å². The number of hydrogen-bond donors (Lipinski definition) is 1. The quantitative estimate of drug-likeness (QED) is 0.923. The van der Waals surface area contributed by atoms with Gasteiger partial charge in [-0.2, -0.15) is 0 Å². The summed E-state index contributed by atoms with van der Waals surface area (Å²) < 4.78 is 1.23. The van der Waals surface area contributed by atoms with Gasteiger partial charge >= 0.3 is 0 Å². The number of hydrogen-bond acceptors (Lipinski definition) is 2. The number of benzene rings is 1. The Morgan fingerprint density at radius 3 is 3.06 bits per heavy atom. The molecule has 0 spiro atoms. The molecule has 18 heavy (non-hydrogen) atoms. The monoisotopic (exact) mass is 308 g/mol. The Balaban J connectivity index is 1.61. The molecule has 0 bridgehead atoms. The van der Waals surface area contributed by atoms with Crippen LogP contribution < -0.4 is 5.32 Å². The van der Waals surface area contributed by atoms with Gasteiger partial charge in [0.2, 0.25) is 0 Å². The molecule has 1 aromatic rings. The lowest BCUT2D eigenvalue weighted by molar-refractivity contribution is 0.298. The molecule has 0 radical (unpaired) electrons. The first-order valence-corrected chi connectivity index (χ1v) is 7.76. The van der Waals surface area contributed by atoms with Crippen LogP contribution in [0, 0.1) is 6.92 Å². The van der Waals surface area contributed by atoms with E-state index in [-0.39, 0.29) is 0 Å². The van der Waals surface area contributed by atoms with Gasteiger partial charge in [0.1, 0.15) is 0 Å². The summed E-state index contributed by atoms with van der Waals surface area (Å²) in [6.45, 7) is 5.72. The van der Waals surface area contributed by atoms with Gasteiger partial charge in [-0.25, -0.2) is 0 Å². The molecule has 2 unspecified atom stereocenters. The highest BCUT2D eigenvalue weighted by Crippen LogP contribution is 2.28. The van der Waals surface area contributed by atoms with E-state index in [1.54, 1.807) is 0 Å². The maximum Gasteiger partial charge on any atom is 0.0250 e. The van der Waals surface area contributed by atoms with Gasteiger partial charge in [-0.3, -0.25) is 4.90 Å². The Bertz CT molecular complexity index is 433. The highest BCUT2D eigenvalue weighted by atomic mass is 79.9. The summed E-state index contributed by atoms with van der Waals surface area (Å²) in [4.78, 5) is 2.65. The van der Waals surface area contributed by atoms with Crippen molar-refractivity contribution < 1.29 is 0 Å². The van der Waals surface area contributed by atoms with Gasteiger partial charge in [0.25, 0.3) is 0 Å². The van der Waals surface area contributed by atoms with E-state index in [0.717, 1.165) is 12.6 Å². The fourth-order valence-electron chi connectivity index (χ4n) is 3.36. The third-order valence-corrected chi connectivity index (χ3v) is 5.11. The number of aryl methyl sites for hydroxylation is 1. The lowest BCUT2D eigenvalue weighted by atomic mass is 10.1. The van der Waals surface area contributed by atoms with Crippen LogP contribution in [0.25, 0.3) is 0 Å². The van der Waals surface area contributed by atoms with Crippen molar-refractivity contribution in [2.24, 2.45) is 0 Å². The standard InChI is InChI=1S/C15H21BrN2/c1-11-4-5-12(13(16)9-11)10-17-14-6-8-18-7-2-3-15(14)18/h4-5,9,14-15,17H,2-3,6-8,10H2,1H3. The van der Waals surface area contributed by atoms with Crippen LogP contribution in [0.1, 0.15) is 30.4 Å². The van der Waals surface area contributed by atoms with E-state index in [4.69, 9.17) is 0 Å². The van der Waals surface area contributed by atoms with Crippen molar-refractivity contribution in [3.63, 3.8) is 0 Å². The first kappa shape index (κ1) is 12.6. The average molecular weight is 309 g/mol. The van der Waals surface area contributed by atoms with Crippen molar-refractivity contribution in [1.82, 2.24) is 10.2 Å². The molecule has 0 aliphatic carbocycles. The third-order valence-electron chi connectivity index (χ3n) is 4.37. The number of rotatable bonds is 3. The zero-order chi connectivity index (χ0) is 12.5. The van der Waals surface area contributed by atoms with Crippen molar-refractivity contribution in [3.8, 4) is 0 Å². The SMILES string of the molecule is Cc1ccc(CNC2CCN3CCCC23)c(Br)c1. The minimum atomic E-state index is 0.695. The summed E-state index contributed by atoms with van der Waals surface area (Å²) in [6.07, 6.45) is 4.08. The highest BCUT2D eigenvalue weighted by molar-refractivity contribution is 9.10. The highest BCUT2D eigenvalue weighted by Gasteiger charge is 2.36. The molecule has 2 fully saturated rings. The largest absolute Gasteiger partial charge is 0.308 e. The second kappa shape index (κ2) is 5.32. The molecule has 0 amide bonds. The molecule has 3 heteroatoms. The van der Waals surface area contributed by atoms with Crippen molar-refractivity contribution in [1.29, 1.82) is 0 Å². The predicted molar refractivity (Wildman–Crippen MR) is 78.7 cm³/mol. The van der Waals surface area contributed by atoms with E-state index in [1.807, 2.05) is 0 Å².